The first-order chi connectivity index (χ1) is 14.8. The van der Waals surface area contributed by atoms with Gasteiger partial charge in [-0.1, -0.05) is 36.4 Å². The highest BCUT2D eigenvalue weighted by Crippen LogP contribution is 2.38. The number of nitrogens with one attached hydrogen (secondary N) is 2. The molecule has 0 saturated carbocycles. The molecule has 0 aliphatic carbocycles. The van der Waals surface area contributed by atoms with Crippen LogP contribution < -0.4 is 10.1 Å². The second-order valence-corrected chi connectivity index (χ2v) is 7.53. The molecular weight excluding hydrogens is 376 g/mol. The van der Waals surface area contributed by atoms with Gasteiger partial charge in [-0.2, -0.15) is 0 Å². The summed E-state index contributed by atoms with van der Waals surface area (Å²) in [5.74, 6) is 0.905. The van der Waals surface area contributed by atoms with Crippen LogP contribution in [0.2, 0.25) is 0 Å². The third-order valence-corrected chi connectivity index (χ3v) is 5.52. The van der Waals surface area contributed by atoms with Crippen LogP contribution in [0.15, 0.2) is 67.4 Å². The fourth-order valence-electron chi connectivity index (χ4n) is 4.02. The van der Waals surface area contributed by atoms with Gasteiger partial charge < -0.3 is 15.0 Å². The largest absolute Gasteiger partial charge is 0.487 e. The van der Waals surface area contributed by atoms with E-state index in [2.05, 4.69) is 32.4 Å². The van der Waals surface area contributed by atoms with E-state index in [4.69, 9.17) is 4.74 Å². The van der Waals surface area contributed by atoms with Crippen LogP contribution >= 0.6 is 0 Å². The standard InChI is InChI=1S/C24H22N4O2/c29-23(9-8-17-13-27-22-7-2-1-5-20(17)22)28-14-19-10-16-4-3-6-21(24(16)30-19)18-11-25-15-26-12-18/h1-7,11-13,15,19,27H,8-10,14H2,(H,28,29)/t19-/m1/s1. The van der Waals surface area contributed by atoms with Crippen molar-refractivity contribution in [2.24, 2.45) is 0 Å². The molecule has 2 aromatic heterocycles. The van der Waals surface area contributed by atoms with Crippen molar-refractivity contribution in [3.63, 3.8) is 0 Å². The summed E-state index contributed by atoms with van der Waals surface area (Å²) >= 11 is 0. The molecule has 1 aliphatic heterocycles. The maximum Gasteiger partial charge on any atom is 0.220 e. The molecule has 4 aromatic rings. The summed E-state index contributed by atoms with van der Waals surface area (Å²) in [5, 5.41) is 4.21. The number of hydrogen-bond donors (Lipinski definition) is 2. The molecule has 6 nitrogen and oxygen atoms in total. The van der Waals surface area contributed by atoms with Crippen molar-refractivity contribution in [3.8, 4) is 16.9 Å². The van der Waals surface area contributed by atoms with Gasteiger partial charge in [0, 0.05) is 53.5 Å². The van der Waals surface area contributed by atoms with Crippen LogP contribution in [-0.2, 0) is 17.6 Å². The average molecular weight is 398 g/mol. The van der Waals surface area contributed by atoms with Crippen molar-refractivity contribution in [2.45, 2.75) is 25.4 Å². The lowest BCUT2D eigenvalue weighted by atomic mass is 10.0. The molecule has 1 atom stereocenters. The van der Waals surface area contributed by atoms with Crippen LogP contribution in [0.5, 0.6) is 5.75 Å². The zero-order valence-corrected chi connectivity index (χ0v) is 16.5. The Morgan fingerprint density at radius 1 is 1.13 bits per heavy atom. The molecule has 0 radical (unpaired) electrons. The Kier molecular flexibility index (Phi) is 4.89. The molecule has 1 aliphatic rings. The lowest BCUT2D eigenvalue weighted by molar-refractivity contribution is -0.121. The minimum atomic E-state index is -0.0668. The van der Waals surface area contributed by atoms with Gasteiger partial charge in [-0.25, -0.2) is 9.97 Å². The second-order valence-electron chi connectivity index (χ2n) is 7.53. The smallest absolute Gasteiger partial charge is 0.220 e. The normalized spacial score (nSPS) is 15.0. The number of para-hydroxylation sites is 2. The van der Waals surface area contributed by atoms with Gasteiger partial charge in [0.1, 0.15) is 18.2 Å². The van der Waals surface area contributed by atoms with E-state index in [1.807, 2.05) is 36.5 Å². The van der Waals surface area contributed by atoms with Crippen LogP contribution in [0.4, 0.5) is 0 Å². The number of aryl methyl sites for hydroxylation is 1. The molecule has 0 saturated heterocycles. The van der Waals surface area contributed by atoms with Crippen LogP contribution in [0, 0.1) is 0 Å². The first-order valence-corrected chi connectivity index (χ1v) is 10.1. The van der Waals surface area contributed by atoms with Crippen LogP contribution in [0.3, 0.4) is 0 Å². The summed E-state index contributed by atoms with van der Waals surface area (Å²) < 4.78 is 6.18. The Bertz CT molecular complexity index is 1190. The number of aromatic amines is 1. The highest BCUT2D eigenvalue weighted by Gasteiger charge is 2.26. The maximum absolute atomic E-state index is 12.4. The molecule has 0 unspecified atom stereocenters. The van der Waals surface area contributed by atoms with Gasteiger partial charge in [0.15, 0.2) is 0 Å². The molecule has 2 N–H and O–H groups in total. The molecule has 0 bridgehead atoms. The van der Waals surface area contributed by atoms with Crippen molar-refractivity contribution in [1.29, 1.82) is 0 Å². The van der Waals surface area contributed by atoms with Crippen LogP contribution in [0.25, 0.3) is 22.0 Å². The van der Waals surface area contributed by atoms with Crippen molar-refractivity contribution in [3.05, 3.63) is 78.5 Å². The summed E-state index contributed by atoms with van der Waals surface area (Å²) in [4.78, 5) is 23.9. The number of nitrogens with zero attached hydrogens (tertiary/aromatic N) is 2. The number of carbonyl (C=O) groups is 1. The third kappa shape index (κ3) is 3.64. The molecule has 6 heteroatoms. The molecule has 0 fully saturated rings. The number of amides is 1. The number of ether oxygens (including phenoxy) is 1. The average Bonchev–Trinajstić information content (AvgIpc) is 3.40. The van der Waals surface area contributed by atoms with Crippen molar-refractivity contribution < 1.29 is 9.53 Å². The molecule has 1 amide bonds. The molecular formula is C24H22N4O2. The van der Waals surface area contributed by atoms with Gasteiger partial charge in [0.05, 0.1) is 6.54 Å². The Balaban J connectivity index is 1.18. The Morgan fingerprint density at radius 3 is 2.90 bits per heavy atom. The second kappa shape index (κ2) is 7.99. The predicted octanol–water partition coefficient (Wildman–Crippen LogP) is 3.68. The number of aromatic nitrogens is 3. The molecule has 5 rings (SSSR count). The summed E-state index contributed by atoms with van der Waals surface area (Å²) in [6.07, 6.45) is 8.94. The minimum absolute atomic E-state index is 0.0384. The molecule has 2 aromatic carbocycles. The van der Waals surface area contributed by atoms with Gasteiger partial charge in [-0.3, -0.25) is 4.79 Å². The minimum Gasteiger partial charge on any atom is -0.487 e. The van der Waals surface area contributed by atoms with E-state index in [9.17, 15) is 4.79 Å². The monoisotopic (exact) mass is 398 g/mol. The summed E-state index contributed by atoms with van der Waals surface area (Å²) in [6.45, 7) is 0.492. The fourth-order valence-corrected chi connectivity index (χ4v) is 4.02. The Morgan fingerprint density at radius 2 is 2.00 bits per heavy atom. The number of benzene rings is 2. The number of rotatable bonds is 6. The number of fused-ring (bicyclic) bond motifs is 2. The SMILES string of the molecule is O=C(CCc1c[nH]c2ccccc12)NC[C@H]1Cc2cccc(-c3cncnc3)c2O1. The molecule has 3 heterocycles. The van der Waals surface area contributed by atoms with Crippen molar-refractivity contribution in [1.82, 2.24) is 20.3 Å². The van der Waals surface area contributed by atoms with E-state index in [0.717, 1.165) is 34.4 Å². The zero-order valence-electron chi connectivity index (χ0n) is 16.5. The quantitative estimate of drug-likeness (QED) is 0.519. The van der Waals surface area contributed by atoms with Gasteiger partial charge in [-0.05, 0) is 23.6 Å². The molecule has 30 heavy (non-hydrogen) atoms. The first kappa shape index (κ1) is 18.4. The van der Waals surface area contributed by atoms with Crippen molar-refractivity contribution in [2.75, 3.05) is 6.54 Å². The zero-order chi connectivity index (χ0) is 20.3. The molecule has 150 valence electrons. The van der Waals surface area contributed by atoms with Gasteiger partial charge in [0.2, 0.25) is 5.91 Å². The van der Waals surface area contributed by atoms with E-state index >= 15 is 0 Å². The first-order valence-electron chi connectivity index (χ1n) is 10.1. The lowest BCUT2D eigenvalue weighted by Crippen LogP contribution is -2.34. The van der Waals surface area contributed by atoms with E-state index in [-0.39, 0.29) is 12.0 Å². The van der Waals surface area contributed by atoms with Crippen LogP contribution in [0.1, 0.15) is 17.5 Å². The van der Waals surface area contributed by atoms with E-state index in [1.165, 1.54) is 17.3 Å². The topological polar surface area (TPSA) is 79.9 Å². The number of carbonyl (C=O) groups excluding carboxylic acids is 1. The van der Waals surface area contributed by atoms with E-state index < -0.39 is 0 Å². The lowest BCUT2D eigenvalue weighted by Gasteiger charge is -2.13. The van der Waals surface area contributed by atoms with Crippen LogP contribution in [-0.4, -0.2) is 33.5 Å². The number of hydrogen-bond acceptors (Lipinski definition) is 4. The Hall–Kier alpha value is -3.67. The van der Waals surface area contributed by atoms with E-state index in [0.29, 0.717) is 19.4 Å². The summed E-state index contributed by atoms with van der Waals surface area (Å²) in [5.41, 5.74) is 5.33. The Labute approximate surface area is 174 Å². The highest BCUT2D eigenvalue weighted by atomic mass is 16.5. The van der Waals surface area contributed by atoms with Gasteiger partial charge >= 0.3 is 0 Å². The summed E-state index contributed by atoms with van der Waals surface area (Å²) in [6, 6.07) is 14.3. The van der Waals surface area contributed by atoms with Crippen molar-refractivity contribution >= 4 is 16.8 Å². The van der Waals surface area contributed by atoms with E-state index in [1.54, 1.807) is 12.4 Å². The third-order valence-electron chi connectivity index (χ3n) is 5.52. The predicted molar refractivity (Wildman–Crippen MR) is 115 cm³/mol. The van der Waals surface area contributed by atoms with Gasteiger partial charge in [-0.15, -0.1) is 0 Å². The summed E-state index contributed by atoms with van der Waals surface area (Å²) in [7, 11) is 0. The van der Waals surface area contributed by atoms with Gasteiger partial charge in [0.25, 0.3) is 0 Å². The maximum atomic E-state index is 12.4. The number of H-pyrrole nitrogens is 1. The highest BCUT2D eigenvalue weighted by molar-refractivity contribution is 5.84. The molecule has 0 spiro atoms. The fraction of sp³-hybridized carbons (Fsp3) is 0.208.